The molecule has 1 aromatic rings. The second-order valence-corrected chi connectivity index (χ2v) is 5.63. The molecule has 0 saturated heterocycles. The second-order valence-electron chi connectivity index (χ2n) is 3.61. The van der Waals surface area contributed by atoms with Crippen molar-refractivity contribution in [3.63, 3.8) is 0 Å². The van der Waals surface area contributed by atoms with Crippen LogP contribution in [0.4, 0.5) is 0 Å². The molecule has 0 atom stereocenters. The SMILES string of the molecule is CCCCCSc1ccc(C(=N)N)c(Br)c1. The van der Waals surface area contributed by atoms with Gasteiger partial charge in [-0.15, -0.1) is 11.8 Å². The number of hydrogen-bond acceptors (Lipinski definition) is 2. The van der Waals surface area contributed by atoms with Gasteiger partial charge < -0.3 is 5.73 Å². The molecule has 0 amide bonds. The van der Waals surface area contributed by atoms with E-state index in [9.17, 15) is 0 Å². The molecule has 1 rings (SSSR count). The van der Waals surface area contributed by atoms with Crippen LogP contribution in [0.3, 0.4) is 0 Å². The molecule has 3 N–H and O–H groups in total. The molecular weight excluding hydrogens is 284 g/mol. The van der Waals surface area contributed by atoms with Crippen LogP contribution in [0.15, 0.2) is 27.6 Å². The molecule has 0 spiro atoms. The topological polar surface area (TPSA) is 49.9 Å². The average molecular weight is 301 g/mol. The molecule has 0 aromatic heterocycles. The summed E-state index contributed by atoms with van der Waals surface area (Å²) in [4.78, 5) is 1.23. The molecule has 16 heavy (non-hydrogen) atoms. The van der Waals surface area contributed by atoms with Crippen LogP contribution in [0.2, 0.25) is 0 Å². The molecule has 0 aliphatic carbocycles. The highest BCUT2D eigenvalue weighted by Gasteiger charge is 2.04. The van der Waals surface area contributed by atoms with E-state index in [1.54, 1.807) is 0 Å². The monoisotopic (exact) mass is 300 g/mol. The maximum Gasteiger partial charge on any atom is 0.123 e. The molecule has 0 aliphatic rings. The number of nitrogen functional groups attached to an aromatic ring is 1. The van der Waals surface area contributed by atoms with Gasteiger partial charge in [0.2, 0.25) is 0 Å². The van der Waals surface area contributed by atoms with Crippen LogP contribution in [-0.4, -0.2) is 11.6 Å². The molecule has 2 nitrogen and oxygen atoms in total. The van der Waals surface area contributed by atoms with E-state index in [0.717, 1.165) is 15.8 Å². The Bertz CT molecular complexity index is 366. The summed E-state index contributed by atoms with van der Waals surface area (Å²) in [5, 5.41) is 7.38. The summed E-state index contributed by atoms with van der Waals surface area (Å²) in [5.74, 6) is 1.26. The number of nitrogens with one attached hydrogen (secondary N) is 1. The minimum Gasteiger partial charge on any atom is -0.384 e. The van der Waals surface area contributed by atoms with Crippen molar-refractivity contribution in [1.82, 2.24) is 0 Å². The third kappa shape index (κ3) is 4.18. The fourth-order valence-electron chi connectivity index (χ4n) is 1.35. The zero-order chi connectivity index (χ0) is 12.0. The molecule has 0 radical (unpaired) electrons. The summed E-state index contributed by atoms with van der Waals surface area (Å²) in [7, 11) is 0. The molecule has 88 valence electrons. The zero-order valence-electron chi connectivity index (χ0n) is 9.42. The second kappa shape index (κ2) is 6.97. The molecule has 0 aliphatic heterocycles. The summed E-state index contributed by atoms with van der Waals surface area (Å²) < 4.78 is 0.903. The van der Waals surface area contributed by atoms with Gasteiger partial charge >= 0.3 is 0 Å². The van der Waals surface area contributed by atoms with Crippen molar-refractivity contribution in [1.29, 1.82) is 5.41 Å². The molecule has 0 saturated carbocycles. The van der Waals surface area contributed by atoms with E-state index in [4.69, 9.17) is 11.1 Å². The van der Waals surface area contributed by atoms with Crippen LogP contribution in [0.5, 0.6) is 0 Å². The largest absolute Gasteiger partial charge is 0.384 e. The van der Waals surface area contributed by atoms with Gasteiger partial charge in [0.25, 0.3) is 0 Å². The van der Waals surface area contributed by atoms with Crippen molar-refractivity contribution in [3.05, 3.63) is 28.2 Å². The normalized spacial score (nSPS) is 10.4. The Kier molecular flexibility index (Phi) is 5.91. The summed E-state index contributed by atoms with van der Waals surface area (Å²) >= 11 is 5.29. The summed E-state index contributed by atoms with van der Waals surface area (Å²) in [6, 6.07) is 5.96. The van der Waals surface area contributed by atoms with E-state index < -0.39 is 0 Å². The van der Waals surface area contributed by atoms with Gasteiger partial charge in [-0.25, -0.2) is 0 Å². The lowest BCUT2D eigenvalue weighted by molar-refractivity contribution is 0.778. The lowest BCUT2D eigenvalue weighted by Crippen LogP contribution is -2.11. The summed E-state index contributed by atoms with van der Waals surface area (Å²) in [5.41, 5.74) is 6.21. The van der Waals surface area contributed by atoms with Crippen LogP contribution in [0, 0.1) is 5.41 Å². The lowest BCUT2D eigenvalue weighted by Gasteiger charge is -2.05. The minimum absolute atomic E-state index is 0.106. The molecule has 0 fully saturated rings. The van der Waals surface area contributed by atoms with Crippen LogP contribution >= 0.6 is 27.7 Å². The Morgan fingerprint density at radius 3 is 2.75 bits per heavy atom. The molecule has 0 unspecified atom stereocenters. The third-order valence-corrected chi connectivity index (χ3v) is 3.98. The van der Waals surface area contributed by atoms with Crippen molar-refractivity contribution in [2.45, 2.75) is 31.1 Å². The van der Waals surface area contributed by atoms with E-state index in [-0.39, 0.29) is 5.84 Å². The molecular formula is C12H17BrN2S. The fraction of sp³-hybridized carbons (Fsp3) is 0.417. The number of halogens is 1. The van der Waals surface area contributed by atoms with E-state index in [1.807, 2.05) is 30.0 Å². The average Bonchev–Trinajstić information content (AvgIpc) is 2.24. The van der Waals surface area contributed by atoms with Crippen LogP contribution in [0.1, 0.15) is 31.7 Å². The van der Waals surface area contributed by atoms with Gasteiger partial charge in [-0.3, -0.25) is 5.41 Å². The van der Waals surface area contributed by atoms with Gasteiger partial charge in [0, 0.05) is 14.9 Å². The zero-order valence-corrected chi connectivity index (χ0v) is 11.8. The Morgan fingerprint density at radius 1 is 1.44 bits per heavy atom. The first-order chi connectivity index (χ1) is 7.65. The van der Waals surface area contributed by atoms with Gasteiger partial charge in [-0.05, 0) is 46.3 Å². The number of nitrogens with two attached hydrogens (primary N) is 1. The van der Waals surface area contributed by atoms with Crippen molar-refractivity contribution < 1.29 is 0 Å². The quantitative estimate of drug-likeness (QED) is 0.361. The number of thioether (sulfide) groups is 1. The highest BCUT2D eigenvalue weighted by atomic mass is 79.9. The van der Waals surface area contributed by atoms with Gasteiger partial charge in [0.1, 0.15) is 5.84 Å². The van der Waals surface area contributed by atoms with E-state index in [1.165, 1.54) is 24.2 Å². The van der Waals surface area contributed by atoms with Crippen molar-refractivity contribution in [3.8, 4) is 0 Å². The Labute approximate surface area is 110 Å². The van der Waals surface area contributed by atoms with Crippen molar-refractivity contribution in [2.24, 2.45) is 5.73 Å². The first-order valence-corrected chi connectivity index (χ1v) is 7.19. The smallest absolute Gasteiger partial charge is 0.123 e. The van der Waals surface area contributed by atoms with Gasteiger partial charge in [0.15, 0.2) is 0 Å². The first kappa shape index (κ1) is 13.6. The van der Waals surface area contributed by atoms with E-state index >= 15 is 0 Å². The number of hydrogen-bond donors (Lipinski definition) is 2. The predicted molar refractivity (Wildman–Crippen MR) is 75.4 cm³/mol. The van der Waals surface area contributed by atoms with Crippen LogP contribution < -0.4 is 5.73 Å². The maximum atomic E-state index is 7.38. The standard InChI is InChI=1S/C12H17BrN2S/c1-2-3-4-7-16-9-5-6-10(12(14)15)11(13)8-9/h5-6,8H,2-4,7H2,1H3,(H3,14,15). The lowest BCUT2D eigenvalue weighted by atomic mass is 10.2. The van der Waals surface area contributed by atoms with Crippen LogP contribution in [-0.2, 0) is 0 Å². The van der Waals surface area contributed by atoms with Crippen LogP contribution in [0.25, 0.3) is 0 Å². The summed E-state index contributed by atoms with van der Waals surface area (Å²) in [6.45, 7) is 2.21. The van der Waals surface area contributed by atoms with E-state index in [0.29, 0.717) is 0 Å². The first-order valence-electron chi connectivity index (χ1n) is 5.42. The van der Waals surface area contributed by atoms with Crippen molar-refractivity contribution >= 4 is 33.5 Å². The molecule has 0 heterocycles. The highest BCUT2D eigenvalue weighted by molar-refractivity contribution is 9.10. The fourth-order valence-corrected chi connectivity index (χ4v) is 3.04. The van der Waals surface area contributed by atoms with Crippen molar-refractivity contribution in [2.75, 3.05) is 5.75 Å². The number of amidine groups is 1. The minimum atomic E-state index is 0.106. The van der Waals surface area contributed by atoms with Gasteiger partial charge in [-0.2, -0.15) is 0 Å². The van der Waals surface area contributed by atoms with E-state index in [2.05, 4.69) is 22.9 Å². The number of benzene rings is 1. The molecule has 0 bridgehead atoms. The predicted octanol–water partition coefficient (Wildman–Crippen LogP) is 4.02. The Balaban J connectivity index is 2.56. The van der Waals surface area contributed by atoms with Gasteiger partial charge in [0.05, 0.1) is 0 Å². The Morgan fingerprint density at radius 2 is 2.19 bits per heavy atom. The number of unbranched alkanes of at least 4 members (excludes halogenated alkanes) is 2. The summed E-state index contributed by atoms with van der Waals surface area (Å²) in [6.07, 6.45) is 3.81. The molecule has 1 aromatic carbocycles. The number of rotatable bonds is 6. The third-order valence-electron chi connectivity index (χ3n) is 2.25. The van der Waals surface area contributed by atoms with Gasteiger partial charge in [-0.1, -0.05) is 19.8 Å². The Hall–Kier alpha value is -0.480. The highest BCUT2D eigenvalue weighted by Crippen LogP contribution is 2.25. The maximum absolute atomic E-state index is 7.38. The molecule has 4 heteroatoms.